The van der Waals surface area contributed by atoms with Gasteiger partial charge in [-0.15, -0.1) is 0 Å². The molecule has 1 heterocycles. The minimum absolute atomic E-state index is 0.966. The first kappa shape index (κ1) is 18.3. The molecule has 2 aliphatic rings. The molecule has 0 N–H and O–H groups in total. The molecule has 1 saturated heterocycles. The first-order chi connectivity index (χ1) is 7.88. The van der Waals surface area contributed by atoms with Crippen molar-refractivity contribution in [1.82, 2.24) is 4.90 Å². The molecular formula is C15H35N. The molecule has 0 aromatic carbocycles. The van der Waals surface area contributed by atoms with Gasteiger partial charge in [-0.3, -0.25) is 0 Å². The Kier molecular flexibility index (Phi) is 14.9. The summed E-state index contributed by atoms with van der Waals surface area (Å²) in [5, 5.41) is 0. The van der Waals surface area contributed by atoms with Crippen LogP contribution in [0.3, 0.4) is 0 Å². The van der Waals surface area contributed by atoms with Gasteiger partial charge in [0, 0.05) is 6.04 Å². The number of likely N-dealkylation sites (tertiary alicyclic amines) is 1. The Balaban J connectivity index is 0. The van der Waals surface area contributed by atoms with Crippen molar-refractivity contribution in [2.24, 2.45) is 5.92 Å². The molecule has 0 bridgehead atoms. The first-order valence-corrected chi connectivity index (χ1v) is 7.58. The van der Waals surface area contributed by atoms with Gasteiger partial charge < -0.3 is 4.90 Å². The average molecular weight is 229 g/mol. The maximum Gasteiger partial charge on any atom is 0.0121 e. The summed E-state index contributed by atoms with van der Waals surface area (Å²) in [4.78, 5) is 2.56. The summed E-state index contributed by atoms with van der Waals surface area (Å²) >= 11 is 0. The maximum absolute atomic E-state index is 2.56. The van der Waals surface area contributed by atoms with E-state index in [1.807, 2.05) is 41.5 Å². The molecule has 2 unspecified atom stereocenters. The summed E-state index contributed by atoms with van der Waals surface area (Å²) < 4.78 is 0. The van der Waals surface area contributed by atoms with Gasteiger partial charge in [0.2, 0.25) is 0 Å². The third kappa shape index (κ3) is 5.89. The van der Waals surface area contributed by atoms with Crippen LogP contribution in [0.15, 0.2) is 0 Å². The lowest BCUT2D eigenvalue weighted by Gasteiger charge is -2.28. The van der Waals surface area contributed by atoms with E-state index in [0.29, 0.717) is 0 Å². The van der Waals surface area contributed by atoms with E-state index in [1.54, 1.807) is 0 Å². The zero-order valence-corrected chi connectivity index (χ0v) is 12.8. The normalized spacial score (nSPS) is 27.2. The van der Waals surface area contributed by atoms with Gasteiger partial charge in [0.05, 0.1) is 0 Å². The second-order valence-electron chi connectivity index (χ2n) is 3.88. The number of rotatable bonds is 0. The molecule has 1 saturated carbocycles. The maximum atomic E-state index is 2.56. The largest absolute Gasteiger partial charge is 0.303 e. The van der Waals surface area contributed by atoms with Crippen LogP contribution >= 0.6 is 0 Å². The molecule has 2 fully saturated rings. The summed E-state index contributed by atoms with van der Waals surface area (Å²) in [6.07, 6.45) is 7.43. The van der Waals surface area contributed by atoms with Gasteiger partial charge in [0.1, 0.15) is 0 Å². The molecular weight excluding hydrogens is 194 g/mol. The molecule has 0 spiro atoms. The Morgan fingerprint density at radius 1 is 0.750 bits per heavy atom. The summed E-state index contributed by atoms with van der Waals surface area (Å²) in [7, 11) is 2.29. The lowest BCUT2D eigenvalue weighted by molar-refractivity contribution is 0.215. The molecule has 2 atom stereocenters. The fourth-order valence-electron chi connectivity index (χ4n) is 2.64. The third-order valence-corrected chi connectivity index (χ3v) is 3.29. The monoisotopic (exact) mass is 229 g/mol. The molecule has 1 heteroatoms. The molecule has 1 nitrogen and oxygen atoms in total. The van der Waals surface area contributed by atoms with E-state index < -0.39 is 0 Å². The van der Waals surface area contributed by atoms with E-state index in [4.69, 9.17) is 0 Å². The van der Waals surface area contributed by atoms with Crippen LogP contribution in [0.2, 0.25) is 0 Å². The van der Waals surface area contributed by atoms with Gasteiger partial charge in [-0.25, -0.2) is 0 Å². The van der Waals surface area contributed by atoms with E-state index in [1.165, 1.54) is 38.6 Å². The number of hydrogen-bond acceptors (Lipinski definition) is 1. The summed E-state index contributed by atoms with van der Waals surface area (Å²) in [6.45, 7) is 13.4. The van der Waals surface area contributed by atoms with Crippen LogP contribution in [0.25, 0.3) is 0 Å². The molecule has 100 valence electrons. The van der Waals surface area contributed by atoms with E-state index in [9.17, 15) is 0 Å². The Hall–Kier alpha value is -0.0400. The average Bonchev–Trinajstić information content (AvgIpc) is 2.79. The second kappa shape index (κ2) is 13.0. The first-order valence-electron chi connectivity index (χ1n) is 7.58. The van der Waals surface area contributed by atoms with Crippen LogP contribution in [0, 0.1) is 5.92 Å². The molecule has 0 aromatic rings. The van der Waals surface area contributed by atoms with E-state index in [0.717, 1.165) is 12.0 Å². The minimum Gasteiger partial charge on any atom is -0.303 e. The molecule has 0 aromatic heterocycles. The highest BCUT2D eigenvalue weighted by Gasteiger charge is 2.32. The van der Waals surface area contributed by atoms with Gasteiger partial charge in [0.15, 0.2) is 0 Å². The SMILES string of the molecule is CC.CC.CC.CN1CCC2CCCCC21. The number of hydrogen-bond donors (Lipinski definition) is 0. The topological polar surface area (TPSA) is 3.24 Å². The molecule has 0 amide bonds. The minimum atomic E-state index is 0.966. The zero-order chi connectivity index (χ0) is 13.0. The van der Waals surface area contributed by atoms with E-state index in [-0.39, 0.29) is 0 Å². The van der Waals surface area contributed by atoms with E-state index in [2.05, 4.69) is 11.9 Å². The lowest BCUT2D eigenvalue weighted by atomic mass is 9.85. The van der Waals surface area contributed by atoms with Crippen LogP contribution in [-0.2, 0) is 0 Å². The van der Waals surface area contributed by atoms with Crippen molar-refractivity contribution in [3.63, 3.8) is 0 Å². The van der Waals surface area contributed by atoms with Crippen LogP contribution in [0.1, 0.15) is 73.6 Å². The zero-order valence-electron chi connectivity index (χ0n) is 12.8. The highest BCUT2D eigenvalue weighted by molar-refractivity contribution is 4.87. The van der Waals surface area contributed by atoms with Crippen molar-refractivity contribution in [3.8, 4) is 0 Å². The standard InChI is InChI=1S/C9H17N.3C2H6/c1-10-7-6-8-4-2-3-5-9(8)10;3*1-2/h8-9H,2-7H2,1H3;3*1-2H3. The smallest absolute Gasteiger partial charge is 0.0121 e. The van der Waals surface area contributed by atoms with Crippen molar-refractivity contribution in [1.29, 1.82) is 0 Å². The Morgan fingerprint density at radius 2 is 1.25 bits per heavy atom. The van der Waals surface area contributed by atoms with Crippen LogP contribution < -0.4 is 0 Å². The third-order valence-electron chi connectivity index (χ3n) is 3.29. The fourth-order valence-corrected chi connectivity index (χ4v) is 2.64. The summed E-state index contributed by atoms with van der Waals surface area (Å²) in [6, 6.07) is 0.966. The van der Waals surface area contributed by atoms with Crippen molar-refractivity contribution in [3.05, 3.63) is 0 Å². The van der Waals surface area contributed by atoms with Crippen LogP contribution in [0.4, 0.5) is 0 Å². The van der Waals surface area contributed by atoms with Crippen molar-refractivity contribution in [2.45, 2.75) is 79.7 Å². The Labute approximate surface area is 105 Å². The Bertz CT molecular complexity index is 121. The molecule has 2 rings (SSSR count). The number of nitrogens with zero attached hydrogens (tertiary/aromatic N) is 1. The van der Waals surface area contributed by atoms with Gasteiger partial charge in [-0.1, -0.05) is 54.4 Å². The van der Waals surface area contributed by atoms with Crippen LogP contribution in [-0.4, -0.2) is 24.5 Å². The van der Waals surface area contributed by atoms with Crippen molar-refractivity contribution in [2.75, 3.05) is 13.6 Å². The number of fused-ring (bicyclic) bond motifs is 1. The van der Waals surface area contributed by atoms with Gasteiger partial charge in [-0.05, 0) is 38.8 Å². The summed E-state index contributed by atoms with van der Waals surface area (Å²) in [5.74, 6) is 1.07. The highest BCUT2D eigenvalue weighted by Crippen LogP contribution is 2.34. The second-order valence-corrected chi connectivity index (χ2v) is 3.88. The molecule has 1 aliphatic carbocycles. The fraction of sp³-hybridized carbons (Fsp3) is 1.00. The van der Waals surface area contributed by atoms with Crippen molar-refractivity contribution < 1.29 is 0 Å². The predicted molar refractivity (Wildman–Crippen MR) is 77.0 cm³/mol. The molecule has 1 aliphatic heterocycles. The van der Waals surface area contributed by atoms with Crippen molar-refractivity contribution >= 4 is 0 Å². The summed E-state index contributed by atoms with van der Waals surface area (Å²) in [5.41, 5.74) is 0. The molecule has 0 radical (unpaired) electrons. The van der Waals surface area contributed by atoms with Gasteiger partial charge >= 0.3 is 0 Å². The van der Waals surface area contributed by atoms with E-state index >= 15 is 0 Å². The predicted octanol–water partition coefficient (Wildman–Crippen LogP) is 4.96. The Morgan fingerprint density at radius 3 is 1.75 bits per heavy atom. The highest BCUT2D eigenvalue weighted by atomic mass is 15.2. The van der Waals surface area contributed by atoms with Crippen LogP contribution in [0.5, 0.6) is 0 Å². The quantitative estimate of drug-likeness (QED) is 0.567. The lowest BCUT2D eigenvalue weighted by Crippen LogP contribution is -2.31. The molecule has 16 heavy (non-hydrogen) atoms. The van der Waals surface area contributed by atoms with Gasteiger partial charge in [0.25, 0.3) is 0 Å². The van der Waals surface area contributed by atoms with Gasteiger partial charge in [-0.2, -0.15) is 0 Å².